The van der Waals surface area contributed by atoms with Gasteiger partial charge in [-0.3, -0.25) is 4.79 Å². The van der Waals surface area contributed by atoms with Crippen molar-refractivity contribution < 1.29 is 4.79 Å². The average molecular weight is 202 g/mol. The van der Waals surface area contributed by atoms with Crippen LogP contribution in [0.25, 0.3) is 0 Å². The van der Waals surface area contributed by atoms with E-state index >= 15 is 0 Å². The zero-order valence-electron chi connectivity index (χ0n) is 9.14. The van der Waals surface area contributed by atoms with E-state index in [4.69, 9.17) is 0 Å². The molecule has 0 aliphatic carbocycles. The molecule has 0 bridgehead atoms. The molecule has 2 heteroatoms. The summed E-state index contributed by atoms with van der Waals surface area (Å²) in [5.41, 5.74) is 0. The number of carbonyl (C=O) groups excluding carboxylic acids is 1. The second kappa shape index (κ2) is 8.61. The number of hydrogen-bond donors (Lipinski definition) is 0. The van der Waals surface area contributed by atoms with Gasteiger partial charge in [-0.15, -0.1) is 0 Å². The monoisotopic (exact) mass is 202 g/mol. The van der Waals surface area contributed by atoms with Gasteiger partial charge in [-0.1, -0.05) is 51.3 Å². The van der Waals surface area contributed by atoms with Crippen LogP contribution in [0.15, 0.2) is 0 Å². The molecule has 0 amide bonds. The molecule has 0 radical (unpaired) electrons. The van der Waals surface area contributed by atoms with E-state index < -0.39 is 0 Å². The quantitative estimate of drug-likeness (QED) is 0.580. The van der Waals surface area contributed by atoms with Crippen LogP contribution in [0.2, 0.25) is 0 Å². The van der Waals surface area contributed by atoms with Crippen LogP contribution >= 0.6 is 11.8 Å². The Morgan fingerprint density at radius 3 is 2.31 bits per heavy atom. The molecule has 0 saturated heterocycles. The van der Waals surface area contributed by atoms with Crippen LogP contribution in [-0.4, -0.2) is 10.4 Å². The van der Waals surface area contributed by atoms with Gasteiger partial charge in [0.05, 0.1) is 0 Å². The molecule has 0 aromatic heterocycles. The van der Waals surface area contributed by atoms with Gasteiger partial charge in [0, 0.05) is 12.2 Å². The maximum Gasteiger partial charge on any atom is 0.186 e. The zero-order chi connectivity index (χ0) is 10.1. The lowest BCUT2D eigenvalue weighted by Crippen LogP contribution is -2.04. The van der Waals surface area contributed by atoms with Gasteiger partial charge in [-0.2, -0.15) is 0 Å². The van der Waals surface area contributed by atoms with Crippen LogP contribution in [-0.2, 0) is 4.79 Å². The Morgan fingerprint density at radius 2 is 1.85 bits per heavy atom. The molecule has 0 spiro atoms. The third-order valence-electron chi connectivity index (χ3n) is 2.07. The largest absolute Gasteiger partial charge is 0.288 e. The Kier molecular flexibility index (Phi) is 8.62. The second-order valence-corrected chi connectivity index (χ2v) is 4.99. The highest BCUT2D eigenvalue weighted by molar-refractivity contribution is 8.14. The normalized spacial score (nSPS) is 12.8. The summed E-state index contributed by atoms with van der Waals surface area (Å²) in [6.07, 6.45) is 7.45. The molecule has 0 aromatic rings. The lowest BCUT2D eigenvalue weighted by Gasteiger charge is -2.12. The first-order valence-electron chi connectivity index (χ1n) is 5.37. The fraction of sp³-hybridized carbons (Fsp3) is 0.909. The molecule has 0 fully saturated rings. The summed E-state index contributed by atoms with van der Waals surface area (Å²) < 4.78 is 0. The molecule has 0 N–H and O–H groups in total. The maximum absolute atomic E-state index is 10.9. The smallest absolute Gasteiger partial charge is 0.186 e. The first-order chi connectivity index (χ1) is 6.20. The molecule has 1 unspecified atom stereocenters. The zero-order valence-corrected chi connectivity index (χ0v) is 9.95. The van der Waals surface area contributed by atoms with E-state index in [-0.39, 0.29) is 5.12 Å². The van der Waals surface area contributed by atoms with E-state index in [0.717, 1.165) is 0 Å². The Hall–Kier alpha value is 0.0200. The average Bonchev–Trinajstić information content (AvgIpc) is 2.04. The van der Waals surface area contributed by atoms with E-state index in [0.29, 0.717) is 5.25 Å². The standard InChI is InChI=1S/C11H22OS/c1-4-6-7-9-11(8-5-2)13-10(3)12/h11H,4-9H2,1-3H3. The summed E-state index contributed by atoms with van der Waals surface area (Å²) >= 11 is 1.54. The van der Waals surface area contributed by atoms with Gasteiger partial charge in [0.1, 0.15) is 0 Å². The number of hydrogen-bond acceptors (Lipinski definition) is 2. The van der Waals surface area contributed by atoms with Crippen LogP contribution in [0.4, 0.5) is 0 Å². The summed E-state index contributed by atoms with van der Waals surface area (Å²) in [4.78, 5) is 10.9. The molecule has 0 aromatic carbocycles. The Labute approximate surface area is 86.7 Å². The summed E-state index contributed by atoms with van der Waals surface area (Å²) in [5, 5.41) is 0.851. The van der Waals surface area contributed by atoms with E-state index in [1.165, 1.54) is 50.3 Å². The van der Waals surface area contributed by atoms with Crippen molar-refractivity contribution >= 4 is 16.9 Å². The topological polar surface area (TPSA) is 17.1 Å². The minimum absolute atomic E-state index is 0.273. The molecule has 0 aliphatic heterocycles. The Morgan fingerprint density at radius 1 is 1.15 bits per heavy atom. The molecule has 13 heavy (non-hydrogen) atoms. The number of unbranched alkanes of at least 4 members (excludes halogenated alkanes) is 2. The summed E-state index contributed by atoms with van der Waals surface area (Å²) in [5.74, 6) is 0. The predicted molar refractivity (Wildman–Crippen MR) is 61.1 cm³/mol. The molecule has 1 nitrogen and oxygen atoms in total. The number of carbonyl (C=O) groups is 1. The van der Waals surface area contributed by atoms with Crippen molar-refractivity contribution in [2.45, 2.75) is 64.5 Å². The minimum Gasteiger partial charge on any atom is -0.288 e. The highest BCUT2D eigenvalue weighted by atomic mass is 32.2. The summed E-state index contributed by atoms with van der Waals surface area (Å²) in [7, 11) is 0. The molecule has 0 rings (SSSR count). The number of rotatable bonds is 7. The highest BCUT2D eigenvalue weighted by Crippen LogP contribution is 2.22. The van der Waals surface area contributed by atoms with Gasteiger partial charge < -0.3 is 0 Å². The van der Waals surface area contributed by atoms with Crippen LogP contribution in [0.5, 0.6) is 0 Å². The third kappa shape index (κ3) is 8.35. The van der Waals surface area contributed by atoms with Gasteiger partial charge in [-0.25, -0.2) is 0 Å². The molecule has 0 aliphatic rings. The van der Waals surface area contributed by atoms with Crippen molar-refractivity contribution in [2.24, 2.45) is 0 Å². The van der Waals surface area contributed by atoms with Crippen molar-refractivity contribution in [2.75, 3.05) is 0 Å². The molecular weight excluding hydrogens is 180 g/mol. The molecule has 78 valence electrons. The minimum atomic E-state index is 0.273. The fourth-order valence-corrected chi connectivity index (χ4v) is 2.55. The molecule has 0 heterocycles. The van der Waals surface area contributed by atoms with Crippen LogP contribution < -0.4 is 0 Å². The van der Waals surface area contributed by atoms with Gasteiger partial charge in [0.2, 0.25) is 0 Å². The fourth-order valence-electron chi connectivity index (χ4n) is 1.44. The first kappa shape index (κ1) is 13.0. The maximum atomic E-state index is 10.9. The predicted octanol–water partition coefficient (Wildman–Crippen LogP) is 4.02. The van der Waals surface area contributed by atoms with Gasteiger partial charge >= 0.3 is 0 Å². The van der Waals surface area contributed by atoms with Gasteiger partial charge in [0.15, 0.2) is 5.12 Å². The van der Waals surface area contributed by atoms with E-state index in [2.05, 4.69) is 13.8 Å². The lowest BCUT2D eigenvalue weighted by molar-refractivity contribution is -0.109. The van der Waals surface area contributed by atoms with Crippen molar-refractivity contribution in [1.29, 1.82) is 0 Å². The number of thioether (sulfide) groups is 1. The van der Waals surface area contributed by atoms with Crippen molar-refractivity contribution in [3.05, 3.63) is 0 Å². The van der Waals surface area contributed by atoms with Gasteiger partial charge in [-0.05, 0) is 12.8 Å². The van der Waals surface area contributed by atoms with Crippen molar-refractivity contribution in [3.63, 3.8) is 0 Å². The summed E-state index contributed by atoms with van der Waals surface area (Å²) in [6, 6.07) is 0. The van der Waals surface area contributed by atoms with Gasteiger partial charge in [0.25, 0.3) is 0 Å². The SMILES string of the molecule is CCCCCC(CCC)SC(C)=O. The molecule has 0 saturated carbocycles. The van der Waals surface area contributed by atoms with E-state index in [9.17, 15) is 4.79 Å². The lowest BCUT2D eigenvalue weighted by atomic mass is 10.1. The van der Waals surface area contributed by atoms with E-state index in [1.807, 2.05) is 0 Å². The first-order valence-corrected chi connectivity index (χ1v) is 6.25. The Bertz CT molecular complexity index is 134. The van der Waals surface area contributed by atoms with Crippen LogP contribution in [0.3, 0.4) is 0 Å². The highest BCUT2D eigenvalue weighted by Gasteiger charge is 2.10. The van der Waals surface area contributed by atoms with Crippen molar-refractivity contribution in [1.82, 2.24) is 0 Å². The van der Waals surface area contributed by atoms with E-state index in [1.54, 1.807) is 6.92 Å². The van der Waals surface area contributed by atoms with Crippen LogP contribution in [0, 0.1) is 0 Å². The Balaban J connectivity index is 3.59. The molecule has 1 atom stereocenters. The van der Waals surface area contributed by atoms with Crippen molar-refractivity contribution in [3.8, 4) is 0 Å². The summed E-state index contributed by atoms with van der Waals surface area (Å²) in [6.45, 7) is 6.08. The second-order valence-electron chi connectivity index (χ2n) is 3.52. The molecular formula is C11H22OS. The third-order valence-corrected chi connectivity index (χ3v) is 3.21. The van der Waals surface area contributed by atoms with Crippen LogP contribution in [0.1, 0.15) is 59.3 Å².